The molecule has 0 amide bonds. The molecule has 1 aromatic carbocycles. The van der Waals surface area contributed by atoms with Crippen LogP contribution in [-0.2, 0) is 21.4 Å². The Hall–Kier alpha value is -1.55. The number of rotatable bonds is 4. The molecule has 0 saturated carbocycles. The molecule has 4 nitrogen and oxygen atoms in total. The van der Waals surface area contributed by atoms with Crippen LogP contribution in [0.2, 0.25) is 0 Å². The normalized spacial score (nSPS) is 22.8. The summed E-state index contributed by atoms with van der Waals surface area (Å²) in [5, 5.41) is 0. The van der Waals surface area contributed by atoms with Gasteiger partial charge < -0.3 is 15.2 Å². The van der Waals surface area contributed by atoms with Crippen LogP contribution < -0.4 is 10.5 Å². The predicted octanol–water partition coefficient (Wildman–Crippen LogP) is 2.18. The van der Waals surface area contributed by atoms with Gasteiger partial charge in [0.25, 0.3) is 0 Å². The molecule has 2 unspecified atom stereocenters. The fraction of sp³-hybridized carbons (Fsp3) is 0.562. The summed E-state index contributed by atoms with van der Waals surface area (Å²) in [4.78, 5) is 11.8. The highest BCUT2D eigenvalue weighted by Crippen LogP contribution is 2.43. The molecule has 1 aliphatic carbocycles. The Morgan fingerprint density at radius 3 is 2.80 bits per heavy atom. The third-order valence-corrected chi connectivity index (χ3v) is 4.48. The second-order valence-electron chi connectivity index (χ2n) is 5.57. The number of fused-ring (bicyclic) bond motifs is 1. The number of benzene rings is 1. The molecule has 110 valence electrons. The molecule has 1 aromatic rings. The Morgan fingerprint density at radius 2 is 2.20 bits per heavy atom. The average Bonchev–Trinajstić information content (AvgIpc) is 2.46. The molecular formula is C16H23NO3. The number of hydrogen-bond acceptors (Lipinski definition) is 4. The third-order valence-electron chi connectivity index (χ3n) is 4.48. The minimum atomic E-state index is -0.352. The number of aryl methyl sites for hydroxylation is 1. The van der Waals surface area contributed by atoms with Crippen molar-refractivity contribution in [1.82, 2.24) is 0 Å². The van der Waals surface area contributed by atoms with E-state index in [2.05, 4.69) is 6.07 Å². The third kappa shape index (κ3) is 2.52. The number of esters is 1. The van der Waals surface area contributed by atoms with E-state index in [0.29, 0.717) is 6.42 Å². The van der Waals surface area contributed by atoms with E-state index in [1.54, 1.807) is 7.11 Å². The van der Waals surface area contributed by atoms with Gasteiger partial charge in [-0.3, -0.25) is 4.79 Å². The van der Waals surface area contributed by atoms with Crippen LogP contribution in [0.3, 0.4) is 0 Å². The summed E-state index contributed by atoms with van der Waals surface area (Å²) >= 11 is 0. The number of hydrogen-bond donors (Lipinski definition) is 1. The topological polar surface area (TPSA) is 61.5 Å². The fourth-order valence-electron chi connectivity index (χ4n) is 3.24. The number of nitrogens with two attached hydrogens (primary N) is 1. The van der Waals surface area contributed by atoms with Gasteiger partial charge in [-0.05, 0) is 49.4 Å². The minimum absolute atomic E-state index is 0.118. The number of methoxy groups -OCH3 is 2. The van der Waals surface area contributed by atoms with Gasteiger partial charge in [0, 0.05) is 11.5 Å². The van der Waals surface area contributed by atoms with Gasteiger partial charge in [0.05, 0.1) is 20.6 Å². The van der Waals surface area contributed by atoms with E-state index in [1.807, 2.05) is 19.1 Å². The van der Waals surface area contributed by atoms with Gasteiger partial charge in [0.1, 0.15) is 5.75 Å². The quantitative estimate of drug-likeness (QED) is 0.857. The van der Waals surface area contributed by atoms with E-state index in [9.17, 15) is 4.79 Å². The lowest BCUT2D eigenvalue weighted by atomic mass is 9.64. The second-order valence-corrected chi connectivity index (χ2v) is 5.57. The highest BCUT2D eigenvalue weighted by Gasteiger charge is 2.42. The van der Waals surface area contributed by atoms with Crippen LogP contribution in [0.1, 0.15) is 37.3 Å². The molecule has 0 spiro atoms. The Morgan fingerprint density at radius 1 is 1.45 bits per heavy atom. The Balaban J connectivity index is 2.51. The molecule has 20 heavy (non-hydrogen) atoms. The smallest absolute Gasteiger partial charge is 0.306 e. The van der Waals surface area contributed by atoms with Crippen molar-refractivity contribution in [1.29, 1.82) is 0 Å². The lowest BCUT2D eigenvalue weighted by Crippen LogP contribution is -2.47. The monoisotopic (exact) mass is 277 g/mol. The van der Waals surface area contributed by atoms with E-state index in [4.69, 9.17) is 15.2 Å². The van der Waals surface area contributed by atoms with Crippen LogP contribution in [0, 0.1) is 0 Å². The van der Waals surface area contributed by atoms with Gasteiger partial charge in [-0.1, -0.05) is 6.07 Å². The molecule has 0 radical (unpaired) electrons. The molecule has 0 bridgehead atoms. The summed E-state index contributed by atoms with van der Waals surface area (Å²) in [7, 11) is 3.07. The summed E-state index contributed by atoms with van der Waals surface area (Å²) in [6.07, 6.45) is 3.29. The zero-order valence-electron chi connectivity index (χ0n) is 12.4. The van der Waals surface area contributed by atoms with Crippen molar-refractivity contribution in [3.8, 4) is 5.75 Å². The number of ether oxygens (including phenoxy) is 2. The summed E-state index contributed by atoms with van der Waals surface area (Å²) in [5.41, 5.74) is 8.32. The Kier molecular flexibility index (Phi) is 4.33. The zero-order chi connectivity index (χ0) is 14.8. The van der Waals surface area contributed by atoms with Gasteiger partial charge in [0.15, 0.2) is 0 Å². The molecule has 2 rings (SSSR count). The highest BCUT2D eigenvalue weighted by molar-refractivity contribution is 5.72. The molecule has 4 heteroatoms. The summed E-state index contributed by atoms with van der Waals surface area (Å²) in [5.74, 6) is 0.596. The van der Waals surface area contributed by atoms with Gasteiger partial charge in [-0.25, -0.2) is 0 Å². The fourth-order valence-corrected chi connectivity index (χ4v) is 3.24. The van der Waals surface area contributed by atoms with Crippen molar-refractivity contribution in [2.45, 2.75) is 44.1 Å². The SMILES string of the molecule is COC(=O)CC1(C(C)N)CCCc2ccc(OC)cc21. The van der Waals surface area contributed by atoms with E-state index in [-0.39, 0.29) is 17.4 Å². The molecule has 0 saturated heterocycles. The maximum atomic E-state index is 11.8. The van der Waals surface area contributed by atoms with Crippen LogP contribution in [0.25, 0.3) is 0 Å². The molecule has 0 fully saturated rings. The Labute approximate surface area is 120 Å². The first kappa shape index (κ1) is 14.9. The van der Waals surface area contributed by atoms with Gasteiger partial charge in [-0.15, -0.1) is 0 Å². The lowest BCUT2D eigenvalue weighted by molar-refractivity contribution is -0.142. The second kappa shape index (κ2) is 5.83. The molecule has 1 aliphatic rings. The molecule has 0 aliphatic heterocycles. The first-order valence-electron chi connectivity index (χ1n) is 7.03. The van der Waals surface area contributed by atoms with Gasteiger partial charge in [0.2, 0.25) is 0 Å². The summed E-state index contributed by atoms with van der Waals surface area (Å²) in [6.45, 7) is 1.97. The predicted molar refractivity (Wildman–Crippen MR) is 77.9 cm³/mol. The summed E-state index contributed by atoms with van der Waals surface area (Å²) in [6, 6.07) is 5.96. The van der Waals surface area contributed by atoms with Crippen molar-refractivity contribution >= 4 is 5.97 Å². The van der Waals surface area contributed by atoms with Gasteiger partial charge in [-0.2, -0.15) is 0 Å². The first-order chi connectivity index (χ1) is 9.53. The maximum Gasteiger partial charge on any atom is 0.306 e. The minimum Gasteiger partial charge on any atom is -0.497 e. The average molecular weight is 277 g/mol. The van der Waals surface area contributed by atoms with Crippen molar-refractivity contribution in [3.63, 3.8) is 0 Å². The number of carbonyl (C=O) groups excluding carboxylic acids is 1. The summed E-state index contributed by atoms with van der Waals surface area (Å²) < 4.78 is 10.2. The van der Waals surface area contributed by atoms with E-state index >= 15 is 0 Å². The van der Waals surface area contributed by atoms with Crippen molar-refractivity contribution < 1.29 is 14.3 Å². The Bertz CT molecular complexity index is 498. The van der Waals surface area contributed by atoms with E-state index in [0.717, 1.165) is 30.6 Å². The molecular weight excluding hydrogens is 254 g/mol. The lowest BCUT2D eigenvalue weighted by Gasteiger charge is -2.41. The van der Waals surface area contributed by atoms with Crippen molar-refractivity contribution in [3.05, 3.63) is 29.3 Å². The maximum absolute atomic E-state index is 11.8. The van der Waals surface area contributed by atoms with Crippen molar-refractivity contribution in [2.24, 2.45) is 5.73 Å². The first-order valence-corrected chi connectivity index (χ1v) is 7.03. The largest absolute Gasteiger partial charge is 0.497 e. The van der Waals surface area contributed by atoms with E-state index < -0.39 is 0 Å². The van der Waals surface area contributed by atoms with Crippen LogP contribution in [0.4, 0.5) is 0 Å². The van der Waals surface area contributed by atoms with Crippen LogP contribution in [0.15, 0.2) is 18.2 Å². The van der Waals surface area contributed by atoms with Crippen molar-refractivity contribution in [2.75, 3.05) is 14.2 Å². The van der Waals surface area contributed by atoms with Crippen LogP contribution in [0.5, 0.6) is 5.75 Å². The highest BCUT2D eigenvalue weighted by atomic mass is 16.5. The molecule has 2 atom stereocenters. The van der Waals surface area contributed by atoms with Crippen LogP contribution >= 0.6 is 0 Å². The number of carbonyl (C=O) groups is 1. The van der Waals surface area contributed by atoms with Gasteiger partial charge >= 0.3 is 5.97 Å². The van der Waals surface area contributed by atoms with E-state index in [1.165, 1.54) is 12.7 Å². The molecule has 0 aromatic heterocycles. The standard InChI is InChI=1S/C16H23NO3/c1-11(17)16(10-15(18)20-3)8-4-5-12-6-7-13(19-2)9-14(12)16/h6-7,9,11H,4-5,8,10,17H2,1-3H3. The molecule has 0 heterocycles. The van der Waals surface area contributed by atoms with Crippen LogP contribution in [-0.4, -0.2) is 26.2 Å². The molecule has 2 N–H and O–H groups in total. The zero-order valence-corrected chi connectivity index (χ0v) is 12.4.